The summed E-state index contributed by atoms with van der Waals surface area (Å²) < 4.78 is 1.13. The summed E-state index contributed by atoms with van der Waals surface area (Å²) in [5.41, 5.74) is 3.94. The van der Waals surface area contributed by atoms with Crippen LogP contribution in [0.5, 0.6) is 0 Å². The van der Waals surface area contributed by atoms with Gasteiger partial charge < -0.3 is 10.6 Å². The number of benzene rings is 3. The molecular weight excluding hydrogens is 459 g/mol. The van der Waals surface area contributed by atoms with Gasteiger partial charge in [0.2, 0.25) is 0 Å². The van der Waals surface area contributed by atoms with Crippen LogP contribution < -0.4 is 10.6 Å². The lowest BCUT2D eigenvalue weighted by Gasteiger charge is -2.23. The molecule has 0 heterocycles. The van der Waals surface area contributed by atoms with Gasteiger partial charge in [0.05, 0.1) is 0 Å². The summed E-state index contributed by atoms with van der Waals surface area (Å²) >= 11 is 2.25. The monoisotopic (exact) mass is 484 g/mol. The van der Waals surface area contributed by atoms with Gasteiger partial charge in [0, 0.05) is 14.9 Å². The first kappa shape index (κ1) is 20.4. The van der Waals surface area contributed by atoms with Crippen LogP contribution in [0, 0.1) is 3.57 Å². The van der Waals surface area contributed by atoms with Gasteiger partial charge in [-0.3, -0.25) is 4.79 Å². The van der Waals surface area contributed by atoms with Crippen molar-refractivity contribution in [2.24, 2.45) is 0 Å². The number of hydrogen-bond donors (Lipinski definition) is 2. The van der Waals surface area contributed by atoms with Gasteiger partial charge in [-0.25, -0.2) is 0 Å². The molecular formula is C24H25IN2O. The maximum Gasteiger partial charge on any atom is 0.251 e. The molecule has 0 aliphatic rings. The zero-order chi connectivity index (χ0) is 20.1. The predicted molar refractivity (Wildman–Crippen MR) is 126 cm³/mol. The van der Waals surface area contributed by atoms with Crippen molar-refractivity contribution in [2.45, 2.75) is 32.2 Å². The SMILES string of the molecule is CC(C)(C)c1ccc(C(Nc2ccccc2)C(=O)Nc2ccc(I)cc2)cc1. The van der Waals surface area contributed by atoms with Crippen LogP contribution in [0.2, 0.25) is 0 Å². The topological polar surface area (TPSA) is 41.1 Å². The maximum atomic E-state index is 13.1. The minimum Gasteiger partial charge on any atom is -0.370 e. The van der Waals surface area contributed by atoms with E-state index in [0.717, 1.165) is 20.5 Å². The third-order valence-corrected chi connectivity index (χ3v) is 5.29. The van der Waals surface area contributed by atoms with Gasteiger partial charge in [0.1, 0.15) is 6.04 Å². The van der Waals surface area contributed by atoms with Gasteiger partial charge in [-0.15, -0.1) is 0 Å². The van der Waals surface area contributed by atoms with Crippen molar-refractivity contribution in [3.8, 4) is 0 Å². The van der Waals surface area contributed by atoms with Gasteiger partial charge in [-0.05, 0) is 75.5 Å². The summed E-state index contributed by atoms with van der Waals surface area (Å²) in [6.45, 7) is 6.56. The molecule has 3 rings (SSSR count). The van der Waals surface area contributed by atoms with Crippen LogP contribution in [0.4, 0.5) is 11.4 Å². The molecule has 0 saturated carbocycles. The maximum absolute atomic E-state index is 13.1. The Morgan fingerprint density at radius 2 is 1.43 bits per heavy atom. The molecule has 0 bridgehead atoms. The second kappa shape index (κ2) is 8.78. The number of carbonyl (C=O) groups is 1. The zero-order valence-electron chi connectivity index (χ0n) is 16.4. The van der Waals surface area contributed by atoms with Gasteiger partial charge in [-0.1, -0.05) is 63.2 Å². The smallest absolute Gasteiger partial charge is 0.251 e. The van der Waals surface area contributed by atoms with E-state index in [1.165, 1.54) is 5.56 Å². The summed E-state index contributed by atoms with van der Waals surface area (Å²) in [7, 11) is 0. The lowest BCUT2D eigenvalue weighted by Crippen LogP contribution is -2.27. The molecule has 2 N–H and O–H groups in total. The Hall–Kier alpha value is -2.34. The number of rotatable bonds is 5. The van der Waals surface area contributed by atoms with Crippen LogP contribution in [0.1, 0.15) is 37.9 Å². The van der Waals surface area contributed by atoms with Gasteiger partial charge >= 0.3 is 0 Å². The van der Waals surface area contributed by atoms with E-state index < -0.39 is 6.04 Å². The average Bonchev–Trinajstić information content (AvgIpc) is 2.68. The van der Waals surface area contributed by atoms with Gasteiger partial charge in [-0.2, -0.15) is 0 Å². The number of carbonyl (C=O) groups excluding carboxylic acids is 1. The molecule has 0 aliphatic heterocycles. The van der Waals surface area contributed by atoms with Crippen molar-refractivity contribution in [1.82, 2.24) is 0 Å². The number of anilines is 2. The molecule has 1 unspecified atom stereocenters. The van der Waals surface area contributed by atoms with Crippen molar-refractivity contribution < 1.29 is 4.79 Å². The summed E-state index contributed by atoms with van der Waals surface area (Å²) in [5, 5.41) is 6.40. The van der Waals surface area contributed by atoms with E-state index in [-0.39, 0.29) is 11.3 Å². The Balaban J connectivity index is 1.88. The standard InChI is InChI=1S/C24H25IN2O/c1-24(2,3)18-11-9-17(10-12-18)22(26-20-7-5-4-6-8-20)23(28)27-21-15-13-19(25)14-16-21/h4-16,22,26H,1-3H3,(H,27,28). The summed E-state index contributed by atoms with van der Waals surface area (Å²) in [5.74, 6) is -0.0893. The van der Waals surface area contributed by atoms with E-state index in [4.69, 9.17) is 0 Å². The molecule has 3 nitrogen and oxygen atoms in total. The predicted octanol–water partition coefficient (Wildman–Crippen LogP) is 6.38. The molecule has 28 heavy (non-hydrogen) atoms. The highest BCUT2D eigenvalue weighted by Gasteiger charge is 2.22. The highest BCUT2D eigenvalue weighted by Crippen LogP contribution is 2.26. The van der Waals surface area contributed by atoms with E-state index in [1.807, 2.05) is 66.7 Å². The molecule has 0 aromatic heterocycles. The molecule has 1 atom stereocenters. The first-order valence-electron chi connectivity index (χ1n) is 9.31. The quantitative estimate of drug-likeness (QED) is 0.413. The number of nitrogens with one attached hydrogen (secondary N) is 2. The van der Waals surface area contributed by atoms with Crippen molar-refractivity contribution in [3.05, 3.63) is 93.6 Å². The minimum atomic E-state index is -0.490. The first-order chi connectivity index (χ1) is 13.3. The lowest BCUT2D eigenvalue weighted by molar-refractivity contribution is -0.117. The number of halogens is 1. The molecule has 0 aliphatic carbocycles. The Kier molecular flexibility index (Phi) is 6.39. The fraction of sp³-hybridized carbons (Fsp3) is 0.208. The Morgan fingerprint density at radius 3 is 2.00 bits per heavy atom. The lowest BCUT2D eigenvalue weighted by atomic mass is 9.86. The van der Waals surface area contributed by atoms with Crippen LogP contribution in [-0.4, -0.2) is 5.91 Å². The largest absolute Gasteiger partial charge is 0.370 e. The zero-order valence-corrected chi connectivity index (χ0v) is 18.5. The highest BCUT2D eigenvalue weighted by molar-refractivity contribution is 14.1. The van der Waals surface area contributed by atoms with E-state index in [9.17, 15) is 4.79 Å². The van der Waals surface area contributed by atoms with Crippen molar-refractivity contribution >= 4 is 39.9 Å². The van der Waals surface area contributed by atoms with Crippen LogP contribution in [0.25, 0.3) is 0 Å². The fourth-order valence-electron chi connectivity index (χ4n) is 2.92. The Labute approximate surface area is 180 Å². The summed E-state index contributed by atoms with van der Waals surface area (Å²) in [4.78, 5) is 13.1. The third kappa shape index (κ3) is 5.35. The van der Waals surface area contributed by atoms with Gasteiger partial charge in [0.25, 0.3) is 5.91 Å². The Morgan fingerprint density at radius 1 is 0.821 bits per heavy atom. The molecule has 3 aromatic carbocycles. The van der Waals surface area contributed by atoms with Crippen LogP contribution >= 0.6 is 22.6 Å². The normalized spacial score (nSPS) is 12.3. The molecule has 0 spiro atoms. The third-order valence-electron chi connectivity index (χ3n) is 4.57. The summed E-state index contributed by atoms with van der Waals surface area (Å²) in [6, 6.07) is 25.4. The van der Waals surface area contributed by atoms with Crippen molar-refractivity contribution in [2.75, 3.05) is 10.6 Å². The second-order valence-electron chi connectivity index (χ2n) is 7.81. The van der Waals surface area contributed by atoms with Gasteiger partial charge in [0.15, 0.2) is 0 Å². The molecule has 1 amide bonds. The molecule has 144 valence electrons. The molecule has 0 saturated heterocycles. The second-order valence-corrected chi connectivity index (χ2v) is 9.06. The fourth-order valence-corrected chi connectivity index (χ4v) is 3.28. The highest BCUT2D eigenvalue weighted by atomic mass is 127. The van der Waals surface area contributed by atoms with Crippen LogP contribution in [0.15, 0.2) is 78.9 Å². The number of amides is 1. The Bertz CT molecular complexity index is 914. The van der Waals surface area contributed by atoms with E-state index in [0.29, 0.717) is 0 Å². The first-order valence-corrected chi connectivity index (χ1v) is 10.4. The van der Waals surface area contributed by atoms with Crippen molar-refractivity contribution in [1.29, 1.82) is 0 Å². The van der Waals surface area contributed by atoms with Crippen LogP contribution in [-0.2, 0) is 10.2 Å². The summed E-state index contributed by atoms with van der Waals surface area (Å²) in [6.07, 6.45) is 0. The van der Waals surface area contributed by atoms with E-state index in [1.54, 1.807) is 0 Å². The van der Waals surface area contributed by atoms with Crippen molar-refractivity contribution in [3.63, 3.8) is 0 Å². The molecule has 0 radical (unpaired) electrons. The van der Waals surface area contributed by atoms with E-state index in [2.05, 4.69) is 66.1 Å². The molecule has 0 fully saturated rings. The van der Waals surface area contributed by atoms with Crippen LogP contribution in [0.3, 0.4) is 0 Å². The minimum absolute atomic E-state index is 0.0737. The molecule has 3 aromatic rings. The van der Waals surface area contributed by atoms with E-state index >= 15 is 0 Å². The average molecular weight is 484 g/mol. The molecule has 4 heteroatoms. The number of hydrogen-bond acceptors (Lipinski definition) is 2. The number of para-hydroxylation sites is 1.